The highest BCUT2D eigenvalue weighted by Crippen LogP contribution is 2.55. The summed E-state index contributed by atoms with van der Waals surface area (Å²) in [6.45, 7) is 5.81. The van der Waals surface area contributed by atoms with Gasteiger partial charge in [0.15, 0.2) is 5.31 Å². The van der Waals surface area contributed by atoms with Gasteiger partial charge in [-0.25, -0.2) is 0 Å². The van der Waals surface area contributed by atoms with Crippen molar-refractivity contribution in [1.29, 1.82) is 5.26 Å². The second-order valence-electron chi connectivity index (χ2n) is 3.98. The molecule has 0 atom stereocenters. The maximum absolute atomic E-state index is 12.4. The van der Waals surface area contributed by atoms with Crippen LogP contribution in [0.4, 0.5) is 5.69 Å². The predicted molar refractivity (Wildman–Crippen MR) is 79.4 cm³/mol. The molecule has 0 saturated heterocycles. The molecule has 20 heavy (non-hydrogen) atoms. The van der Waals surface area contributed by atoms with E-state index in [1.807, 2.05) is 37.3 Å². The summed E-state index contributed by atoms with van der Waals surface area (Å²) in [6.07, 6.45) is 1.37. The van der Waals surface area contributed by atoms with Crippen molar-refractivity contribution in [2.75, 3.05) is 18.5 Å². The normalized spacial score (nSPS) is 12.0. The monoisotopic (exact) mass is 294 g/mol. The Kier molecular flexibility index (Phi) is 6.47. The minimum Gasteiger partial charge on any atom is -0.360 e. The first-order valence-electron chi connectivity index (χ1n) is 6.39. The molecule has 0 spiro atoms. The zero-order valence-electron chi connectivity index (χ0n) is 11.9. The average molecular weight is 294 g/mol. The molecule has 0 radical (unpaired) electrons. The van der Waals surface area contributed by atoms with Crippen LogP contribution in [0.25, 0.3) is 0 Å². The fraction of sp³-hybridized carbons (Fsp3) is 0.357. The molecule has 0 aliphatic carbocycles. The van der Waals surface area contributed by atoms with E-state index >= 15 is 0 Å². The van der Waals surface area contributed by atoms with Gasteiger partial charge in [0.1, 0.15) is 6.07 Å². The van der Waals surface area contributed by atoms with Gasteiger partial charge in [-0.15, -0.1) is 0 Å². The van der Waals surface area contributed by atoms with E-state index in [0.717, 1.165) is 11.3 Å². The van der Waals surface area contributed by atoms with Gasteiger partial charge in [0, 0.05) is 11.9 Å². The molecule has 0 aromatic heterocycles. The third kappa shape index (κ3) is 4.50. The lowest BCUT2D eigenvalue weighted by molar-refractivity contribution is 0.227. The second-order valence-corrected chi connectivity index (χ2v) is 5.98. The minimum atomic E-state index is -3.54. The molecule has 1 rings (SSSR count). The number of nitriles is 1. The number of nitrogens with zero attached hydrogens (tertiary/aromatic N) is 1. The van der Waals surface area contributed by atoms with Crippen LogP contribution in [0.15, 0.2) is 35.8 Å². The van der Waals surface area contributed by atoms with Crippen molar-refractivity contribution < 1.29 is 13.6 Å². The standard InChI is InChI=1S/C14H19N2O3P/c1-4-18-20(17,19-5-2)14(10-15)11-16-13-8-6-12(3)7-9-13/h6-9,11,16H,4-5H2,1-3H3. The Bertz CT molecular complexity index is 537. The maximum Gasteiger partial charge on any atom is 0.373 e. The summed E-state index contributed by atoms with van der Waals surface area (Å²) in [5.74, 6) is 0. The maximum atomic E-state index is 12.4. The third-order valence-corrected chi connectivity index (χ3v) is 4.45. The lowest BCUT2D eigenvalue weighted by Gasteiger charge is -2.15. The molecule has 1 aromatic rings. The Morgan fingerprint density at radius 3 is 2.30 bits per heavy atom. The number of nitrogens with one attached hydrogen (secondary N) is 1. The Labute approximate surface area is 119 Å². The highest BCUT2D eigenvalue weighted by molar-refractivity contribution is 7.58. The first-order chi connectivity index (χ1) is 9.55. The van der Waals surface area contributed by atoms with Crippen LogP contribution in [0, 0.1) is 18.3 Å². The predicted octanol–water partition coefficient (Wildman–Crippen LogP) is 4.04. The molecule has 0 aliphatic rings. The van der Waals surface area contributed by atoms with Crippen molar-refractivity contribution in [1.82, 2.24) is 0 Å². The van der Waals surface area contributed by atoms with E-state index in [0.29, 0.717) is 0 Å². The zero-order valence-corrected chi connectivity index (χ0v) is 12.8. The lowest BCUT2D eigenvalue weighted by Crippen LogP contribution is -2.00. The Balaban J connectivity index is 2.93. The summed E-state index contributed by atoms with van der Waals surface area (Å²) in [5, 5.41) is 12.0. The Hall–Kier alpha value is -1.60. The molecule has 5 nitrogen and oxygen atoms in total. The SMILES string of the molecule is CCOP(=O)(OCC)C(C#N)=CNc1ccc(C)cc1. The summed E-state index contributed by atoms with van der Waals surface area (Å²) in [4.78, 5) is 0. The quantitative estimate of drug-likeness (QED) is 0.607. The number of aryl methyl sites for hydroxylation is 1. The minimum absolute atomic E-state index is 0.0400. The highest BCUT2D eigenvalue weighted by atomic mass is 31.2. The largest absolute Gasteiger partial charge is 0.373 e. The van der Waals surface area contributed by atoms with E-state index in [9.17, 15) is 4.57 Å². The molecule has 0 aliphatic heterocycles. The average Bonchev–Trinajstić information content (AvgIpc) is 2.42. The summed E-state index contributed by atoms with van der Waals surface area (Å²) >= 11 is 0. The number of hydrogen-bond acceptors (Lipinski definition) is 5. The number of benzene rings is 1. The van der Waals surface area contributed by atoms with E-state index in [1.54, 1.807) is 13.8 Å². The van der Waals surface area contributed by atoms with Crippen molar-refractivity contribution in [3.8, 4) is 6.07 Å². The van der Waals surface area contributed by atoms with Crippen molar-refractivity contribution in [3.63, 3.8) is 0 Å². The van der Waals surface area contributed by atoms with Gasteiger partial charge < -0.3 is 14.4 Å². The summed E-state index contributed by atoms with van der Waals surface area (Å²) < 4.78 is 22.7. The number of hydrogen-bond donors (Lipinski definition) is 1. The van der Waals surface area contributed by atoms with Crippen LogP contribution in [0.5, 0.6) is 0 Å². The molecule has 1 N–H and O–H groups in total. The molecule has 0 fully saturated rings. The van der Waals surface area contributed by atoms with Gasteiger partial charge >= 0.3 is 7.60 Å². The molecule has 1 aromatic carbocycles. The smallest absolute Gasteiger partial charge is 0.360 e. The van der Waals surface area contributed by atoms with Gasteiger partial charge in [0.25, 0.3) is 0 Å². The van der Waals surface area contributed by atoms with Crippen molar-refractivity contribution in [2.24, 2.45) is 0 Å². The first-order valence-corrected chi connectivity index (χ1v) is 7.93. The molecule has 0 unspecified atom stereocenters. The van der Waals surface area contributed by atoms with Crippen molar-refractivity contribution in [3.05, 3.63) is 41.3 Å². The Morgan fingerprint density at radius 1 is 1.30 bits per heavy atom. The lowest BCUT2D eigenvalue weighted by atomic mass is 10.2. The molecular formula is C14H19N2O3P. The number of rotatable bonds is 7. The van der Waals surface area contributed by atoms with Gasteiger partial charge in [-0.05, 0) is 32.9 Å². The van der Waals surface area contributed by atoms with E-state index < -0.39 is 7.60 Å². The van der Waals surface area contributed by atoms with E-state index in [2.05, 4.69) is 5.32 Å². The van der Waals surface area contributed by atoms with Crippen LogP contribution in [0.3, 0.4) is 0 Å². The van der Waals surface area contributed by atoms with Gasteiger partial charge in [0.2, 0.25) is 0 Å². The van der Waals surface area contributed by atoms with E-state index in [4.69, 9.17) is 14.3 Å². The van der Waals surface area contributed by atoms with Crippen LogP contribution in [0.2, 0.25) is 0 Å². The van der Waals surface area contributed by atoms with Gasteiger partial charge in [0.05, 0.1) is 13.2 Å². The summed E-state index contributed by atoms with van der Waals surface area (Å²) in [5.41, 5.74) is 1.93. The number of allylic oxidation sites excluding steroid dienone is 1. The highest BCUT2D eigenvalue weighted by Gasteiger charge is 2.29. The van der Waals surface area contributed by atoms with Crippen LogP contribution >= 0.6 is 7.60 Å². The topological polar surface area (TPSA) is 71.3 Å². The van der Waals surface area contributed by atoms with Gasteiger partial charge in [-0.1, -0.05) is 17.7 Å². The van der Waals surface area contributed by atoms with E-state index in [1.165, 1.54) is 6.20 Å². The van der Waals surface area contributed by atoms with Crippen LogP contribution in [-0.2, 0) is 13.6 Å². The molecule has 0 heterocycles. The molecule has 0 saturated carbocycles. The second kappa shape index (κ2) is 7.86. The molecule has 6 heteroatoms. The van der Waals surface area contributed by atoms with Crippen LogP contribution in [0.1, 0.15) is 19.4 Å². The molecule has 0 amide bonds. The van der Waals surface area contributed by atoms with Crippen LogP contribution in [-0.4, -0.2) is 13.2 Å². The van der Waals surface area contributed by atoms with E-state index in [-0.39, 0.29) is 18.5 Å². The summed E-state index contributed by atoms with van der Waals surface area (Å²) in [7, 11) is -3.54. The van der Waals surface area contributed by atoms with Crippen molar-refractivity contribution in [2.45, 2.75) is 20.8 Å². The molecule has 0 bridgehead atoms. The summed E-state index contributed by atoms with van der Waals surface area (Å²) in [6, 6.07) is 9.49. The molecular weight excluding hydrogens is 275 g/mol. The molecule has 108 valence electrons. The van der Waals surface area contributed by atoms with Crippen LogP contribution < -0.4 is 5.32 Å². The fourth-order valence-electron chi connectivity index (χ4n) is 1.49. The van der Waals surface area contributed by atoms with Crippen molar-refractivity contribution >= 4 is 13.3 Å². The van der Waals surface area contributed by atoms with Gasteiger partial charge in [-0.3, -0.25) is 4.57 Å². The zero-order chi connectivity index (χ0) is 15.0. The number of anilines is 1. The first kappa shape index (κ1) is 16.5. The Morgan fingerprint density at radius 2 is 1.85 bits per heavy atom. The van der Waals surface area contributed by atoms with Gasteiger partial charge in [-0.2, -0.15) is 5.26 Å². The third-order valence-electron chi connectivity index (χ3n) is 2.43. The fourth-order valence-corrected chi connectivity index (χ4v) is 2.87.